The van der Waals surface area contributed by atoms with Gasteiger partial charge in [-0.2, -0.15) is 0 Å². The van der Waals surface area contributed by atoms with Crippen LogP contribution in [0.15, 0.2) is 5.16 Å². The number of alkyl halides is 2. The molecular formula is C13H19F2N3O2S. The molecule has 0 unspecified atom stereocenters. The summed E-state index contributed by atoms with van der Waals surface area (Å²) in [5.41, 5.74) is 0. The third kappa shape index (κ3) is 4.15. The normalized spacial score (nSPS) is 18.8. The van der Waals surface area contributed by atoms with Gasteiger partial charge in [0.15, 0.2) is 5.16 Å². The van der Waals surface area contributed by atoms with Crippen LogP contribution in [0.4, 0.5) is 8.78 Å². The Morgan fingerprint density at radius 2 is 2.10 bits per heavy atom. The Balaban J connectivity index is 2.13. The van der Waals surface area contributed by atoms with Crippen LogP contribution in [0, 0.1) is 0 Å². The number of aromatic nitrogens is 3. The van der Waals surface area contributed by atoms with Crippen LogP contribution in [0.5, 0.6) is 0 Å². The highest BCUT2D eigenvalue weighted by atomic mass is 32.2. The molecule has 1 aliphatic carbocycles. The van der Waals surface area contributed by atoms with Crippen molar-refractivity contribution in [2.75, 3.05) is 5.75 Å². The van der Waals surface area contributed by atoms with E-state index >= 15 is 0 Å². The number of carbonyl (C=O) groups is 1. The molecule has 118 valence electrons. The Morgan fingerprint density at radius 3 is 2.67 bits per heavy atom. The van der Waals surface area contributed by atoms with Crippen LogP contribution in [0.2, 0.25) is 0 Å². The van der Waals surface area contributed by atoms with Gasteiger partial charge < -0.3 is 9.67 Å². The molecule has 1 aromatic heterocycles. The van der Waals surface area contributed by atoms with Crippen molar-refractivity contribution < 1.29 is 18.7 Å². The van der Waals surface area contributed by atoms with E-state index in [1.54, 1.807) is 0 Å². The summed E-state index contributed by atoms with van der Waals surface area (Å²) >= 11 is 1.12. The zero-order valence-corrected chi connectivity index (χ0v) is 12.7. The lowest BCUT2D eigenvalue weighted by molar-refractivity contribution is -0.133. The van der Waals surface area contributed by atoms with E-state index in [-0.39, 0.29) is 24.5 Å². The lowest BCUT2D eigenvalue weighted by Gasteiger charge is -2.27. The van der Waals surface area contributed by atoms with Gasteiger partial charge in [0.2, 0.25) is 5.92 Å². The molecule has 1 fully saturated rings. The molecule has 2 rings (SSSR count). The molecule has 0 atom stereocenters. The van der Waals surface area contributed by atoms with Crippen LogP contribution in [0.25, 0.3) is 0 Å². The molecule has 0 saturated heterocycles. The van der Waals surface area contributed by atoms with E-state index in [1.807, 2.05) is 11.5 Å². The first kappa shape index (κ1) is 16.2. The first-order valence-electron chi connectivity index (χ1n) is 7.08. The highest BCUT2D eigenvalue weighted by Crippen LogP contribution is 2.40. The van der Waals surface area contributed by atoms with E-state index in [4.69, 9.17) is 5.11 Å². The number of carboxylic acids is 1. The Morgan fingerprint density at radius 1 is 1.43 bits per heavy atom. The van der Waals surface area contributed by atoms with Gasteiger partial charge in [0, 0.05) is 25.3 Å². The fourth-order valence-corrected chi connectivity index (χ4v) is 3.26. The van der Waals surface area contributed by atoms with Crippen LogP contribution in [-0.2, 0) is 11.3 Å². The van der Waals surface area contributed by atoms with E-state index in [9.17, 15) is 13.6 Å². The SMILES string of the molecule is CCCn1c(SCC(=O)O)nnc1C1CCC(F)(F)CC1. The van der Waals surface area contributed by atoms with Crippen molar-refractivity contribution in [3.63, 3.8) is 0 Å². The monoisotopic (exact) mass is 319 g/mol. The van der Waals surface area contributed by atoms with Crippen LogP contribution < -0.4 is 0 Å². The molecule has 1 heterocycles. The highest BCUT2D eigenvalue weighted by Gasteiger charge is 2.37. The van der Waals surface area contributed by atoms with Crippen molar-refractivity contribution in [2.24, 2.45) is 0 Å². The van der Waals surface area contributed by atoms with Gasteiger partial charge in [-0.3, -0.25) is 4.79 Å². The van der Waals surface area contributed by atoms with Crippen LogP contribution in [0.3, 0.4) is 0 Å². The summed E-state index contributed by atoms with van der Waals surface area (Å²) in [5.74, 6) is -2.84. The average molecular weight is 319 g/mol. The maximum absolute atomic E-state index is 13.2. The second-order valence-electron chi connectivity index (χ2n) is 5.31. The molecule has 0 aliphatic heterocycles. The molecular weight excluding hydrogens is 300 g/mol. The molecule has 0 spiro atoms. The number of hydrogen-bond donors (Lipinski definition) is 1. The lowest BCUT2D eigenvalue weighted by atomic mass is 9.86. The average Bonchev–Trinajstić information content (AvgIpc) is 2.80. The summed E-state index contributed by atoms with van der Waals surface area (Å²) in [6.45, 7) is 2.68. The predicted octanol–water partition coefficient (Wildman–Crippen LogP) is 3.16. The van der Waals surface area contributed by atoms with Gasteiger partial charge in [-0.25, -0.2) is 8.78 Å². The topological polar surface area (TPSA) is 68.0 Å². The molecule has 1 N–H and O–H groups in total. The molecule has 0 bridgehead atoms. The van der Waals surface area contributed by atoms with Crippen molar-refractivity contribution in [1.29, 1.82) is 0 Å². The van der Waals surface area contributed by atoms with Crippen molar-refractivity contribution in [3.05, 3.63) is 5.82 Å². The number of carboxylic acid groups (broad SMARTS) is 1. The second kappa shape index (κ2) is 6.72. The summed E-state index contributed by atoms with van der Waals surface area (Å²) in [5, 5.41) is 17.5. The predicted molar refractivity (Wildman–Crippen MR) is 74.8 cm³/mol. The van der Waals surface area contributed by atoms with E-state index in [2.05, 4.69) is 10.2 Å². The number of rotatable bonds is 6. The standard InChI is InChI=1S/C13H19F2N3O2S/c1-2-7-18-11(9-3-5-13(14,15)6-4-9)16-17-12(18)21-8-10(19)20/h9H,2-8H2,1H3,(H,19,20). The molecule has 0 radical (unpaired) electrons. The molecule has 1 aromatic rings. The Bertz CT molecular complexity index is 498. The molecule has 1 saturated carbocycles. The number of halogens is 2. The first-order valence-corrected chi connectivity index (χ1v) is 8.07. The van der Waals surface area contributed by atoms with E-state index in [1.165, 1.54) is 0 Å². The highest BCUT2D eigenvalue weighted by molar-refractivity contribution is 7.99. The maximum Gasteiger partial charge on any atom is 0.313 e. The van der Waals surface area contributed by atoms with Crippen molar-refractivity contribution >= 4 is 17.7 Å². The molecule has 0 aromatic carbocycles. The minimum absolute atomic E-state index is 0.0112. The van der Waals surface area contributed by atoms with E-state index in [0.29, 0.717) is 24.5 Å². The number of aliphatic carboxylic acids is 1. The third-order valence-electron chi connectivity index (χ3n) is 3.60. The number of hydrogen-bond acceptors (Lipinski definition) is 4. The second-order valence-corrected chi connectivity index (χ2v) is 6.25. The largest absolute Gasteiger partial charge is 0.481 e. The van der Waals surface area contributed by atoms with Gasteiger partial charge in [0.1, 0.15) is 5.82 Å². The zero-order chi connectivity index (χ0) is 15.5. The molecule has 21 heavy (non-hydrogen) atoms. The molecule has 1 aliphatic rings. The van der Waals surface area contributed by atoms with Gasteiger partial charge in [0.25, 0.3) is 0 Å². The van der Waals surface area contributed by atoms with Crippen molar-refractivity contribution in [2.45, 2.75) is 62.6 Å². The van der Waals surface area contributed by atoms with Gasteiger partial charge in [-0.05, 0) is 19.3 Å². The third-order valence-corrected chi connectivity index (χ3v) is 4.55. The summed E-state index contributed by atoms with van der Waals surface area (Å²) in [7, 11) is 0. The van der Waals surface area contributed by atoms with Crippen LogP contribution >= 0.6 is 11.8 Å². The Kier molecular flexibility index (Phi) is 5.18. The molecule has 0 amide bonds. The minimum atomic E-state index is -2.56. The Hall–Kier alpha value is -1.18. The quantitative estimate of drug-likeness (QED) is 0.816. The van der Waals surface area contributed by atoms with E-state index < -0.39 is 11.9 Å². The van der Waals surface area contributed by atoms with Crippen molar-refractivity contribution in [1.82, 2.24) is 14.8 Å². The van der Waals surface area contributed by atoms with E-state index in [0.717, 1.165) is 24.0 Å². The van der Waals surface area contributed by atoms with Crippen LogP contribution in [0.1, 0.15) is 50.8 Å². The minimum Gasteiger partial charge on any atom is -0.481 e. The van der Waals surface area contributed by atoms with Gasteiger partial charge in [-0.1, -0.05) is 18.7 Å². The summed E-state index contributed by atoms with van der Waals surface area (Å²) < 4.78 is 28.4. The summed E-state index contributed by atoms with van der Waals surface area (Å²) in [6.07, 6.45) is 1.42. The summed E-state index contributed by atoms with van der Waals surface area (Å²) in [4.78, 5) is 10.7. The number of nitrogens with zero attached hydrogens (tertiary/aromatic N) is 3. The van der Waals surface area contributed by atoms with Crippen LogP contribution in [-0.4, -0.2) is 37.5 Å². The fraction of sp³-hybridized carbons (Fsp3) is 0.769. The fourth-order valence-electron chi connectivity index (χ4n) is 2.57. The smallest absolute Gasteiger partial charge is 0.313 e. The Labute approximate surface area is 126 Å². The molecule has 5 nitrogen and oxygen atoms in total. The summed E-state index contributed by atoms with van der Waals surface area (Å²) in [6, 6.07) is 0. The first-order chi connectivity index (χ1) is 9.93. The zero-order valence-electron chi connectivity index (χ0n) is 11.9. The van der Waals surface area contributed by atoms with Crippen molar-refractivity contribution in [3.8, 4) is 0 Å². The maximum atomic E-state index is 13.2. The lowest BCUT2D eigenvalue weighted by Crippen LogP contribution is -2.25. The van der Waals surface area contributed by atoms with Gasteiger partial charge >= 0.3 is 5.97 Å². The van der Waals surface area contributed by atoms with Gasteiger partial charge in [-0.15, -0.1) is 10.2 Å². The number of thioether (sulfide) groups is 1. The molecule has 8 heteroatoms. The van der Waals surface area contributed by atoms with Gasteiger partial charge in [0.05, 0.1) is 5.75 Å².